The highest BCUT2D eigenvalue weighted by molar-refractivity contribution is 8.27. The quantitative estimate of drug-likeness (QED) is 0.189. The molecule has 1 aromatic heterocycles. The summed E-state index contributed by atoms with van der Waals surface area (Å²) in [5.74, 6) is -0.236. The second kappa shape index (κ2) is 9.03. The van der Waals surface area contributed by atoms with Crippen molar-refractivity contribution in [3.8, 4) is 11.6 Å². The largest absolute Gasteiger partial charge is 0.439 e. The zero-order valence-electron chi connectivity index (χ0n) is 15.9. The molecule has 0 bridgehead atoms. The van der Waals surface area contributed by atoms with Crippen molar-refractivity contribution in [2.75, 3.05) is 4.90 Å². The van der Waals surface area contributed by atoms with Gasteiger partial charge in [0, 0.05) is 12.1 Å². The lowest BCUT2D eigenvalue weighted by molar-refractivity contribution is -0.385. The number of carbonyl (C=O) groups is 1. The topological polar surface area (TPSA) is 85.6 Å². The van der Waals surface area contributed by atoms with Gasteiger partial charge < -0.3 is 4.74 Å². The molecule has 1 aliphatic rings. The Morgan fingerprint density at radius 3 is 2.56 bits per heavy atom. The predicted octanol–water partition coefficient (Wildman–Crippen LogP) is 5.98. The van der Waals surface area contributed by atoms with Crippen LogP contribution in [0.2, 0.25) is 5.02 Å². The molecule has 0 atom stereocenters. The van der Waals surface area contributed by atoms with Gasteiger partial charge >= 0.3 is 0 Å². The summed E-state index contributed by atoms with van der Waals surface area (Å²) in [6.45, 7) is 0. The summed E-state index contributed by atoms with van der Waals surface area (Å²) >= 11 is 12.3. The molecule has 0 saturated carbocycles. The number of thiocarbonyl (C=S) groups is 1. The van der Waals surface area contributed by atoms with Gasteiger partial charge in [-0.25, -0.2) is 9.37 Å². The molecule has 3 aromatic rings. The van der Waals surface area contributed by atoms with E-state index in [4.69, 9.17) is 28.6 Å². The van der Waals surface area contributed by atoms with Crippen LogP contribution in [-0.2, 0) is 4.79 Å². The van der Waals surface area contributed by atoms with E-state index in [1.54, 1.807) is 30.3 Å². The van der Waals surface area contributed by atoms with Gasteiger partial charge in [0.1, 0.15) is 17.8 Å². The van der Waals surface area contributed by atoms with Crippen molar-refractivity contribution in [3.05, 3.63) is 92.2 Å². The molecule has 11 heteroatoms. The Hall–Kier alpha value is -3.34. The summed E-state index contributed by atoms with van der Waals surface area (Å²) in [6, 6.07) is 13.5. The lowest BCUT2D eigenvalue weighted by Gasteiger charge is -2.14. The number of anilines is 1. The van der Waals surface area contributed by atoms with Crippen LogP contribution >= 0.6 is 35.6 Å². The number of aromatic nitrogens is 1. The van der Waals surface area contributed by atoms with Gasteiger partial charge in [0.25, 0.3) is 11.6 Å². The van der Waals surface area contributed by atoms with E-state index in [-0.39, 0.29) is 22.5 Å². The molecule has 7 nitrogen and oxygen atoms in total. The molecule has 0 aliphatic carbocycles. The highest BCUT2D eigenvalue weighted by Gasteiger charge is 2.33. The summed E-state index contributed by atoms with van der Waals surface area (Å²) in [7, 11) is 0. The van der Waals surface area contributed by atoms with E-state index in [1.165, 1.54) is 35.2 Å². The first kappa shape index (κ1) is 21.9. The summed E-state index contributed by atoms with van der Waals surface area (Å²) in [5, 5.41) is 10.6. The number of amides is 1. The maximum absolute atomic E-state index is 13.4. The third-order valence-corrected chi connectivity index (χ3v) is 5.88. The van der Waals surface area contributed by atoms with E-state index in [1.807, 2.05) is 0 Å². The van der Waals surface area contributed by atoms with Crippen molar-refractivity contribution in [3.63, 3.8) is 0 Å². The molecule has 1 aliphatic heterocycles. The molecule has 2 heterocycles. The Morgan fingerprint density at radius 2 is 1.94 bits per heavy atom. The van der Waals surface area contributed by atoms with E-state index >= 15 is 0 Å². The zero-order valence-corrected chi connectivity index (χ0v) is 18.3. The molecular weight excluding hydrogens is 477 g/mol. The van der Waals surface area contributed by atoms with Crippen LogP contribution in [0.5, 0.6) is 11.6 Å². The number of rotatable bonds is 5. The van der Waals surface area contributed by atoms with Gasteiger partial charge in [-0.15, -0.1) is 0 Å². The first-order chi connectivity index (χ1) is 15.3. The van der Waals surface area contributed by atoms with Crippen LogP contribution in [0, 0.1) is 15.9 Å². The van der Waals surface area contributed by atoms with Crippen LogP contribution in [0.1, 0.15) is 5.56 Å². The van der Waals surface area contributed by atoms with Gasteiger partial charge in [-0.3, -0.25) is 19.8 Å². The minimum Gasteiger partial charge on any atom is -0.439 e. The van der Waals surface area contributed by atoms with E-state index in [9.17, 15) is 19.3 Å². The van der Waals surface area contributed by atoms with Crippen LogP contribution in [0.4, 0.5) is 15.8 Å². The summed E-state index contributed by atoms with van der Waals surface area (Å²) in [4.78, 5) is 28.6. The Bertz CT molecular complexity index is 1270. The highest BCUT2D eigenvalue weighted by Crippen LogP contribution is 2.37. The molecule has 2 aromatic carbocycles. The number of pyridine rings is 1. The first-order valence-corrected chi connectivity index (χ1v) is 10.5. The number of hydrogen-bond donors (Lipinski definition) is 0. The second-order valence-electron chi connectivity index (χ2n) is 6.40. The second-order valence-corrected chi connectivity index (χ2v) is 8.48. The highest BCUT2D eigenvalue weighted by atomic mass is 35.5. The molecule has 4 rings (SSSR count). The standard InChI is InChI=1S/C21H11ClFN3O4S2/c22-16-10-13(3-7-17(16)23)25-20(27)18(32-21(25)31)9-12-1-5-15(6-2-12)30-19-8-4-14(11-24-19)26(28)29/h1-11H/b18-9-. The number of carbonyl (C=O) groups excluding carboxylic acids is 1. The Kier molecular flexibility index (Phi) is 6.17. The molecule has 0 spiro atoms. The van der Waals surface area contributed by atoms with Gasteiger partial charge in [0.05, 0.1) is 20.5 Å². The van der Waals surface area contributed by atoms with Crippen LogP contribution in [0.3, 0.4) is 0 Å². The number of hydrogen-bond acceptors (Lipinski definition) is 7. The normalized spacial score (nSPS) is 14.8. The Morgan fingerprint density at radius 1 is 1.19 bits per heavy atom. The summed E-state index contributed by atoms with van der Waals surface area (Å²) in [5.41, 5.74) is 0.987. The number of nitro groups is 1. The number of halogens is 2. The van der Waals surface area contributed by atoms with Gasteiger partial charge in [0.2, 0.25) is 5.88 Å². The third kappa shape index (κ3) is 4.62. The molecular formula is C21H11ClFN3O4S2. The lowest BCUT2D eigenvalue weighted by atomic mass is 10.2. The average Bonchev–Trinajstić information content (AvgIpc) is 3.05. The fraction of sp³-hybridized carbons (Fsp3) is 0. The van der Waals surface area contributed by atoms with Crippen molar-refractivity contribution in [2.24, 2.45) is 0 Å². The minimum absolute atomic E-state index is 0.0985. The maximum Gasteiger partial charge on any atom is 0.287 e. The lowest BCUT2D eigenvalue weighted by Crippen LogP contribution is -2.27. The number of thioether (sulfide) groups is 1. The number of benzene rings is 2. The van der Waals surface area contributed by atoms with Crippen molar-refractivity contribution in [1.29, 1.82) is 0 Å². The van der Waals surface area contributed by atoms with Gasteiger partial charge in [-0.1, -0.05) is 47.7 Å². The van der Waals surface area contributed by atoms with E-state index in [0.717, 1.165) is 23.5 Å². The van der Waals surface area contributed by atoms with E-state index < -0.39 is 10.7 Å². The molecule has 1 saturated heterocycles. The van der Waals surface area contributed by atoms with Crippen molar-refractivity contribution in [1.82, 2.24) is 4.98 Å². The van der Waals surface area contributed by atoms with Crippen LogP contribution < -0.4 is 9.64 Å². The molecule has 1 amide bonds. The maximum atomic E-state index is 13.4. The monoisotopic (exact) mass is 487 g/mol. The third-order valence-electron chi connectivity index (χ3n) is 4.29. The first-order valence-electron chi connectivity index (χ1n) is 8.93. The van der Waals surface area contributed by atoms with Crippen molar-refractivity contribution in [2.45, 2.75) is 0 Å². The van der Waals surface area contributed by atoms with Crippen molar-refractivity contribution < 1.29 is 18.8 Å². The van der Waals surface area contributed by atoms with Gasteiger partial charge in [0.15, 0.2) is 4.32 Å². The molecule has 32 heavy (non-hydrogen) atoms. The van der Waals surface area contributed by atoms with Gasteiger partial charge in [-0.05, 0) is 42.0 Å². The zero-order chi connectivity index (χ0) is 22.8. The minimum atomic E-state index is -0.581. The van der Waals surface area contributed by atoms with Crippen molar-refractivity contribution >= 4 is 63.3 Å². The number of nitrogens with zero attached hydrogens (tertiary/aromatic N) is 3. The fourth-order valence-electron chi connectivity index (χ4n) is 2.76. The van der Waals surface area contributed by atoms with E-state index in [0.29, 0.717) is 20.7 Å². The summed E-state index contributed by atoms with van der Waals surface area (Å²) < 4.78 is 19.3. The Balaban J connectivity index is 1.49. The molecule has 160 valence electrons. The van der Waals surface area contributed by atoms with E-state index in [2.05, 4.69) is 4.98 Å². The van der Waals surface area contributed by atoms with Crippen LogP contribution in [-0.4, -0.2) is 20.1 Å². The van der Waals surface area contributed by atoms with Crippen LogP contribution in [0.25, 0.3) is 6.08 Å². The smallest absolute Gasteiger partial charge is 0.287 e. The molecule has 0 radical (unpaired) electrons. The number of ether oxygens (including phenoxy) is 1. The van der Waals surface area contributed by atoms with Gasteiger partial charge in [-0.2, -0.15) is 0 Å². The van der Waals surface area contributed by atoms with Crippen LogP contribution in [0.15, 0.2) is 65.7 Å². The molecule has 0 N–H and O–H groups in total. The Labute approximate surface area is 195 Å². The fourth-order valence-corrected chi connectivity index (χ4v) is 4.23. The average molecular weight is 488 g/mol. The SMILES string of the molecule is O=C1/C(=C/c2ccc(Oc3ccc([N+](=O)[O-])cn3)cc2)SC(=S)N1c1ccc(F)c(Cl)c1. The predicted molar refractivity (Wildman–Crippen MR) is 124 cm³/mol. The molecule has 1 fully saturated rings. The molecule has 0 unspecified atom stereocenters. The summed E-state index contributed by atoms with van der Waals surface area (Å²) in [6.07, 6.45) is 2.79.